The summed E-state index contributed by atoms with van der Waals surface area (Å²) in [7, 11) is 1.60. The van der Waals surface area contributed by atoms with Crippen LogP contribution < -0.4 is 15.0 Å². The van der Waals surface area contributed by atoms with Gasteiger partial charge in [0, 0.05) is 31.7 Å². The highest BCUT2D eigenvalue weighted by molar-refractivity contribution is 5.53. The van der Waals surface area contributed by atoms with Crippen molar-refractivity contribution in [3.63, 3.8) is 0 Å². The average Bonchev–Trinajstić information content (AvgIpc) is 2.56. The molecule has 1 heterocycles. The quantitative estimate of drug-likeness (QED) is 0.939. The van der Waals surface area contributed by atoms with Crippen molar-refractivity contribution in [3.05, 3.63) is 59.9 Å². The van der Waals surface area contributed by atoms with Crippen LogP contribution in [-0.4, -0.2) is 26.7 Å². The number of methoxy groups -OCH3 is 1. The van der Waals surface area contributed by atoms with E-state index in [4.69, 9.17) is 4.74 Å². The maximum atomic E-state index is 14.1. The molecule has 0 bridgehead atoms. The van der Waals surface area contributed by atoms with Crippen LogP contribution in [0, 0.1) is 5.82 Å². The SMILES string of the molecule is COc1ccc(F)c(N2CCNC(c3ccccc3)C2)c1. The first kappa shape index (κ1) is 13.9. The Morgan fingerprint density at radius 2 is 2.00 bits per heavy atom. The second-order valence-corrected chi connectivity index (χ2v) is 5.18. The summed E-state index contributed by atoms with van der Waals surface area (Å²) in [4.78, 5) is 2.08. The fraction of sp³-hybridized carbons (Fsp3) is 0.294. The van der Waals surface area contributed by atoms with Gasteiger partial charge in [-0.15, -0.1) is 0 Å². The fourth-order valence-electron chi connectivity index (χ4n) is 2.74. The van der Waals surface area contributed by atoms with E-state index >= 15 is 0 Å². The molecule has 0 spiro atoms. The smallest absolute Gasteiger partial charge is 0.146 e. The van der Waals surface area contributed by atoms with Crippen molar-refractivity contribution >= 4 is 5.69 Å². The molecule has 1 aliphatic heterocycles. The number of anilines is 1. The van der Waals surface area contributed by atoms with Crippen molar-refractivity contribution < 1.29 is 9.13 Å². The minimum Gasteiger partial charge on any atom is -0.497 e. The highest BCUT2D eigenvalue weighted by atomic mass is 19.1. The summed E-state index contributed by atoms with van der Waals surface area (Å²) in [6.07, 6.45) is 0. The van der Waals surface area contributed by atoms with Crippen molar-refractivity contribution in [2.24, 2.45) is 0 Å². The monoisotopic (exact) mass is 286 g/mol. The van der Waals surface area contributed by atoms with Crippen LogP contribution >= 0.6 is 0 Å². The third kappa shape index (κ3) is 3.00. The van der Waals surface area contributed by atoms with Crippen molar-refractivity contribution in [2.75, 3.05) is 31.6 Å². The normalized spacial score (nSPS) is 18.6. The van der Waals surface area contributed by atoms with Crippen LogP contribution in [0.25, 0.3) is 0 Å². The lowest BCUT2D eigenvalue weighted by Crippen LogP contribution is -2.46. The standard InChI is InChI=1S/C17H19FN2O/c1-21-14-7-8-15(18)17(11-14)20-10-9-19-16(12-20)13-5-3-2-4-6-13/h2-8,11,16,19H,9-10,12H2,1H3. The molecule has 3 nitrogen and oxygen atoms in total. The Morgan fingerprint density at radius 1 is 1.19 bits per heavy atom. The molecule has 1 N–H and O–H groups in total. The number of hydrogen-bond donors (Lipinski definition) is 1. The van der Waals surface area contributed by atoms with Crippen LogP contribution in [-0.2, 0) is 0 Å². The molecule has 1 unspecified atom stereocenters. The first-order valence-corrected chi connectivity index (χ1v) is 7.15. The van der Waals surface area contributed by atoms with Gasteiger partial charge in [-0.1, -0.05) is 30.3 Å². The maximum absolute atomic E-state index is 14.1. The van der Waals surface area contributed by atoms with E-state index in [1.54, 1.807) is 19.2 Å². The zero-order valence-corrected chi connectivity index (χ0v) is 12.1. The van der Waals surface area contributed by atoms with E-state index in [9.17, 15) is 4.39 Å². The molecular formula is C17H19FN2O. The Labute approximate surface area is 124 Å². The molecule has 3 rings (SSSR count). The summed E-state index contributed by atoms with van der Waals surface area (Å²) >= 11 is 0. The first-order chi connectivity index (χ1) is 10.3. The number of hydrogen-bond acceptors (Lipinski definition) is 3. The zero-order valence-electron chi connectivity index (χ0n) is 12.1. The Hall–Kier alpha value is -2.07. The lowest BCUT2D eigenvalue weighted by molar-refractivity contribution is 0.412. The third-order valence-corrected chi connectivity index (χ3v) is 3.87. The second-order valence-electron chi connectivity index (χ2n) is 5.18. The lowest BCUT2D eigenvalue weighted by Gasteiger charge is -2.35. The van der Waals surface area contributed by atoms with Gasteiger partial charge < -0.3 is 15.0 Å². The van der Waals surface area contributed by atoms with Gasteiger partial charge in [0.2, 0.25) is 0 Å². The first-order valence-electron chi connectivity index (χ1n) is 7.15. The van der Waals surface area contributed by atoms with Crippen LogP contribution in [0.5, 0.6) is 5.75 Å². The van der Waals surface area contributed by atoms with E-state index in [-0.39, 0.29) is 11.9 Å². The van der Waals surface area contributed by atoms with Gasteiger partial charge in [-0.3, -0.25) is 0 Å². The molecule has 2 aromatic carbocycles. The largest absolute Gasteiger partial charge is 0.497 e. The molecular weight excluding hydrogens is 267 g/mol. The molecule has 0 saturated carbocycles. The van der Waals surface area contributed by atoms with E-state index in [0.717, 1.165) is 19.6 Å². The summed E-state index contributed by atoms with van der Waals surface area (Å²) in [5, 5.41) is 3.49. The Balaban J connectivity index is 1.83. The summed E-state index contributed by atoms with van der Waals surface area (Å²) in [6, 6.07) is 15.4. The Kier molecular flexibility index (Phi) is 4.06. The molecule has 2 aromatic rings. The van der Waals surface area contributed by atoms with Crippen LogP contribution in [0.1, 0.15) is 11.6 Å². The predicted octanol–water partition coefficient (Wildman–Crippen LogP) is 2.99. The average molecular weight is 286 g/mol. The number of halogens is 1. The number of piperazine rings is 1. The number of nitrogens with zero attached hydrogens (tertiary/aromatic N) is 1. The van der Waals surface area contributed by atoms with Crippen molar-refractivity contribution in [1.29, 1.82) is 0 Å². The Bertz CT molecular complexity index is 603. The summed E-state index contributed by atoms with van der Waals surface area (Å²) < 4.78 is 19.3. The molecule has 1 fully saturated rings. The third-order valence-electron chi connectivity index (χ3n) is 3.87. The van der Waals surface area contributed by atoms with Crippen LogP contribution in [0.4, 0.5) is 10.1 Å². The van der Waals surface area contributed by atoms with Crippen LogP contribution in [0.3, 0.4) is 0 Å². The summed E-state index contributed by atoms with van der Waals surface area (Å²) in [5.74, 6) is 0.478. The zero-order chi connectivity index (χ0) is 14.7. The molecule has 0 aliphatic carbocycles. The van der Waals surface area contributed by atoms with Crippen molar-refractivity contribution in [2.45, 2.75) is 6.04 Å². The van der Waals surface area contributed by atoms with E-state index < -0.39 is 0 Å². The molecule has 1 aliphatic rings. The van der Waals surface area contributed by atoms with Gasteiger partial charge in [-0.25, -0.2) is 4.39 Å². The lowest BCUT2D eigenvalue weighted by atomic mass is 10.0. The number of benzene rings is 2. The highest BCUT2D eigenvalue weighted by Crippen LogP contribution is 2.28. The van der Waals surface area contributed by atoms with Gasteiger partial charge in [-0.05, 0) is 17.7 Å². The number of nitrogens with one attached hydrogen (secondary N) is 1. The maximum Gasteiger partial charge on any atom is 0.146 e. The van der Waals surface area contributed by atoms with Crippen LogP contribution in [0.2, 0.25) is 0 Å². The number of ether oxygens (including phenoxy) is 1. The van der Waals surface area contributed by atoms with E-state index in [1.165, 1.54) is 11.6 Å². The van der Waals surface area contributed by atoms with Crippen molar-refractivity contribution in [3.8, 4) is 5.75 Å². The van der Waals surface area contributed by atoms with Gasteiger partial charge in [0.25, 0.3) is 0 Å². The number of rotatable bonds is 3. The van der Waals surface area contributed by atoms with Gasteiger partial charge >= 0.3 is 0 Å². The van der Waals surface area contributed by atoms with Gasteiger partial charge in [0.1, 0.15) is 11.6 Å². The molecule has 4 heteroatoms. The van der Waals surface area contributed by atoms with Gasteiger partial charge in [0.15, 0.2) is 0 Å². The minimum absolute atomic E-state index is 0.204. The Morgan fingerprint density at radius 3 is 2.76 bits per heavy atom. The molecule has 110 valence electrons. The molecule has 1 atom stereocenters. The van der Waals surface area contributed by atoms with Gasteiger partial charge in [-0.2, -0.15) is 0 Å². The molecule has 0 radical (unpaired) electrons. The van der Waals surface area contributed by atoms with Gasteiger partial charge in [0.05, 0.1) is 12.8 Å². The minimum atomic E-state index is -0.204. The van der Waals surface area contributed by atoms with E-state index in [1.807, 2.05) is 18.2 Å². The summed E-state index contributed by atoms with van der Waals surface area (Å²) in [5.41, 5.74) is 1.84. The highest BCUT2D eigenvalue weighted by Gasteiger charge is 2.22. The fourth-order valence-corrected chi connectivity index (χ4v) is 2.74. The van der Waals surface area contributed by atoms with E-state index in [2.05, 4.69) is 22.3 Å². The summed E-state index contributed by atoms with van der Waals surface area (Å²) in [6.45, 7) is 2.36. The molecule has 0 aromatic heterocycles. The van der Waals surface area contributed by atoms with Crippen molar-refractivity contribution in [1.82, 2.24) is 5.32 Å². The molecule has 0 amide bonds. The molecule has 21 heavy (non-hydrogen) atoms. The molecule has 1 saturated heterocycles. The second kappa shape index (κ2) is 6.14. The predicted molar refractivity (Wildman–Crippen MR) is 82.4 cm³/mol. The van der Waals surface area contributed by atoms with E-state index in [0.29, 0.717) is 11.4 Å². The van der Waals surface area contributed by atoms with Crippen LogP contribution in [0.15, 0.2) is 48.5 Å². The topological polar surface area (TPSA) is 24.5 Å².